The van der Waals surface area contributed by atoms with E-state index in [1.165, 1.54) is 0 Å². The molecular weight excluding hydrogens is 344 g/mol. The van der Waals surface area contributed by atoms with Crippen LogP contribution in [0.25, 0.3) is 0 Å². The van der Waals surface area contributed by atoms with Gasteiger partial charge >= 0.3 is 5.69 Å². The molecule has 0 radical (unpaired) electrons. The molecule has 2 aromatic rings. The van der Waals surface area contributed by atoms with Crippen LogP contribution in [0.1, 0.15) is 31.2 Å². The van der Waals surface area contributed by atoms with Crippen molar-refractivity contribution in [2.24, 2.45) is 5.73 Å². The number of aromatic nitrogens is 3. The first-order valence-corrected chi connectivity index (χ1v) is 9.52. The molecule has 1 saturated heterocycles. The summed E-state index contributed by atoms with van der Waals surface area (Å²) in [5, 5.41) is 12.2. The summed E-state index contributed by atoms with van der Waals surface area (Å²) in [6, 6.07) is 5.58. The van der Waals surface area contributed by atoms with Crippen LogP contribution in [0.4, 0.5) is 11.6 Å². The summed E-state index contributed by atoms with van der Waals surface area (Å²) in [7, 11) is 0. The lowest BCUT2D eigenvalue weighted by atomic mass is 10.1. The van der Waals surface area contributed by atoms with Crippen LogP contribution < -0.4 is 16.7 Å². The standard InChI is InChI=1S/C19H28N6O2/c20-16-4-10-24(11-5-16)8-1-2-9-25-12-6-17(23-19(25)27)22-18-13-15(14-26)3-7-21-18/h3,6-7,12-13,16,26H,1-2,4-5,8-11,14,20H2,(H,21,22,23,27). The van der Waals surface area contributed by atoms with Gasteiger partial charge in [-0.3, -0.25) is 4.57 Å². The fraction of sp³-hybridized carbons (Fsp3) is 0.526. The van der Waals surface area contributed by atoms with Gasteiger partial charge in [-0.25, -0.2) is 9.78 Å². The number of piperidine rings is 1. The van der Waals surface area contributed by atoms with Crippen LogP contribution in [0.3, 0.4) is 0 Å². The van der Waals surface area contributed by atoms with Gasteiger partial charge in [0.1, 0.15) is 11.6 Å². The molecule has 0 amide bonds. The zero-order valence-corrected chi connectivity index (χ0v) is 15.5. The second-order valence-electron chi connectivity index (χ2n) is 7.01. The predicted octanol–water partition coefficient (Wildman–Crippen LogP) is 1.08. The average molecular weight is 372 g/mol. The van der Waals surface area contributed by atoms with E-state index < -0.39 is 0 Å². The first-order valence-electron chi connectivity index (χ1n) is 9.52. The molecule has 8 heteroatoms. The number of anilines is 2. The lowest BCUT2D eigenvalue weighted by molar-refractivity contribution is 0.208. The quantitative estimate of drug-likeness (QED) is 0.595. The van der Waals surface area contributed by atoms with Crippen LogP contribution in [0, 0.1) is 0 Å². The van der Waals surface area contributed by atoms with E-state index >= 15 is 0 Å². The molecule has 27 heavy (non-hydrogen) atoms. The van der Waals surface area contributed by atoms with Gasteiger partial charge in [-0.05, 0) is 69.1 Å². The van der Waals surface area contributed by atoms with Gasteiger partial charge < -0.3 is 21.1 Å². The van der Waals surface area contributed by atoms with Crippen LogP contribution in [0.2, 0.25) is 0 Å². The SMILES string of the molecule is NC1CCN(CCCCn2ccc(Nc3cc(CO)ccn3)nc2=O)CC1. The molecule has 1 fully saturated rings. The maximum absolute atomic E-state index is 12.2. The van der Waals surface area contributed by atoms with Gasteiger partial charge in [0.05, 0.1) is 6.61 Å². The minimum atomic E-state index is -0.276. The van der Waals surface area contributed by atoms with E-state index in [-0.39, 0.29) is 12.3 Å². The monoisotopic (exact) mass is 372 g/mol. The molecule has 3 rings (SSSR count). The molecule has 0 unspecified atom stereocenters. The highest BCUT2D eigenvalue weighted by Crippen LogP contribution is 2.12. The molecule has 146 valence electrons. The van der Waals surface area contributed by atoms with Gasteiger partial charge in [-0.15, -0.1) is 0 Å². The molecule has 0 aromatic carbocycles. The Labute approximate surface area is 159 Å². The van der Waals surface area contributed by atoms with Gasteiger partial charge in [0.15, 0.2) is 0 Å². The minimum absolute atomic E-state index is 0.0591. The highest BCUT2D eigenvalue weighted by atomic mass is 16.3. The molecule has 0 saturated carbocycles. The Morgan fingerprint density at radius 2 is 1.96 bits per heavy atom. The molecule has 2 aromatic heterocycles. The largest absolute Gasteiger partial charge is 0.392 e. The molecule has 0 spiro atoms. The van der Waals surface area contributed by atoms with Gasteiger partial charge in [0.25, 0.3) is 0 Å². The van der Waals surface area contributed by atoms with Crippen molar-refractivity contribution in [2.45, 2.75) is 44.9 Å². The summed E-state index contributed by atoms with van der Waals surface area (Å²) >= 11 is 0. The van der Waals surface area contributed by atoms with Crippen molar-refractivity contribution in [3.05, 3.63) is 46.6 Å². The first kappa shape index (κ1) is 19.5. The third-order valence-corrected chi connectivity index (χ3v) is 4.89. The van der Waals surface area contributed by atoms with Gasteiger partial charge in [-0.1, -0.05) is 0 Å². The van der Waals surface area contributed by atoms with E-state index in [2.05, 4.69) is 20.2 Å². The van der Waals surface area contributed by atoms with Crippen molar-refractivity contribution in [1.29, 1.82) is 0 Å². The summed E-state index contributed by atoms with van der Waals surface area (Å²) in [6.45, 7) is 3.82. The molecule has 0 atom stereocenters. The molecular formula is C19H28N6O2. The summed E-state index contributed by atoms with van der Waals surface area (Å²) in [4.78, 5) is 22.9. The second-order valence-corrected chi connectivity index (χ2v) is 7.01. The van der Waals surface area contributed by atoms with E-state index in [1.54, 1.807) is 35.2 Å². The highest BCUT2D eigenvalue weighted by molar-refractivity contribution is 5.51. The van der Waals surface area contributed by atoms with Crippen molar-refractivity contribution in [1.82, 2.24) is 19.4 Å². The number of unbranched alkanes of at least 4 members (excludes halogenated alkanes) is 1. The normalized spacial score (nSPS) is 15.8. The van der Waals surface area contributed by atoms with Crippen LogP contribution in [0.15, 0.2) is 35.4 Å². The Bertz CT molecular complexity index is 786. The Morgan fingerprint density at radius 3 is 2.70 bits per heavy atom. The van der Waals surface area contributed by atoms with Crippen molar-refractivity contribution in [3.8, 4) is 0 Å². The Morgan fingerprint density at radius 1 is 1.19 bits per heavy atom. The number of rotatable bonds is 8. The second kappa shape index (κ2) is 9.59. The number of aliphatic hydroxyl groups is 1. The third kappa shape index (κ3) is 5.85. The molecule has 1 aliphatic heterocycles. The Hall–Kier alpha value is -2.29. The van der Waals surface area contributed by atoms with Crippen molar-refractivity contribution < 1.29 is 5.11 Å². The highest BCUT2D eigenvalue weighted by Gasteiger charge is 2.15. The molecule has 0 bridgehead atoms. The molecule has 0 aliphatic carbocycles. The van der Waals surface area contributed by atoms with Crippen LogP contribution >= 0.6 is 0 Å². The predicted molar refractivity (Wildman–Crippen MR) is 105 cm³/mol. The van der Waals surface area contributed by atoms with E-state index in [1.807, 2.05) is 0 Å². The number of hydrogen-bond donors (Lipinski definition) is 3. The Balaban J connectivity index is 1.47. The maximum Gasteiger partial charge on any atom is 0.349 e. The fourth-order valence-electron chi connectivity index (χ4n) is 3.23. The van der Waals surface area contributed by atoms with Crippen molar-refractivity contribution >= 4 is 11.6 Å². The number of nitrogens with one attached hydrogen (secondary N) is 1. The van der Waals surface area contributed by atoms with Gasteiger partial charge in [0.2, 0.25) is 0 Å². The van der Waals surface area contributed by atoms with Crippen LogP contribution in [0.5, 0.6) is 0 Å². The average Bonchev–Trinajstić information content (AvgIpc) is 2.68. The van der Waals surface area contributed by atoms with Crippen LogP contribution in [-0.2, 0) is 13.2 Å². The van der Waals surface area contributed by atoms with Crippen LogP contribution in [-0.4, -0.2) is 50.2 Å². The van der Waals surface area contributed by atoms with Crippen molar-refractivity contribution in [2.75, 3.05) is 25.0 Å². The molecule has 4 N–H and O–H groups in total. The molecule has 8 nitrogen and oxygen atoms in total. The van der Waals surface area contributed by atoms with E-state index in [0.29, 0.717) is 24.2 Å². The van der Waals surface area contributed by atoms with E-state index in [0.717, 1.165) is 50.9 Å². The number of nitrogens with two attached hydrogens (primary N) is 1. The van der Waals surface area contributed by atoms with Gasteiger partial charge in [0, 0.05) is 25.0 Å². The fourth-order valence-corrected chi connectivity index (χ4v) is 3.23. The zero-order chi connectivity index (χ0) is 19.1. The topological polar surface area (TPSA) is 109 Å². The summed E-state index contributed by atoms with van der Waals surface area (Å²) in [5.41, 5.74) is 6.40. The lowest BCUT2D eigenvalue weighted by Gasteiger charge is -2.29. The minimum Gasteiger partial charge on any atom is -0.392 e. The summed E-state index contributed by atoms with van der Waals surface area (Å²) < 4.78 is 1.63. The third-order valence-electron chi connectivity index (χ3n) is 4.89. The maximum atomic E-state index is 12.2. The Kier molecular flexibility index (Phi) is 6.92. The summed E-state index contributed by atoms with van der Waals surface area (Å²) in [5.74, 6) is 0.996. The number of aliphatic hydroxyl groups excluding tert-OH is 1. The smallest absolute Gasteiger partial charge is 0.349 e. The lowest BCUT2D eigenvalue weighted by Crippen LogP contribution is -2.40. The molecule has 3 heterocycles. The number of pyridine rings is 1. The number of likely N-dealkylation sites (tertiary alicyclic amines) is 1. The number of aryl methyl sites for hydroxylation is 1. The van der Waals surface area contributed by atoms with E-state index in [9.17, 15) is 9.90 Å². The number of hydrogen-bond acceptors (Lipinski definition) is 7. The molecule has 1 aliphatic rings. The summed E-state index contributed by atoms with van der Waals surface area (Å²) in [6.07, 6.45) is 7.51. The van der Waals surface area contributed by atoms with Gasteiger partial charge in [-0.2, -0.15) is 4.98 Å². The zero-order valence-electron chi connectivity index (χ0n) is 15.5. The van der Waals surface area contributed by atoms with E-state index in [4.69, 9.17) is 5.73 Å². The first-order chi connectivity index (χ1) is 13.1. The number of nitrogens with zero attached hydrogens (tertiary/aromatic N) is 4. The van der Waals surface area contributed by atoms with Crippen molar-refractivity contribution in [3.63, 3.8) is 0 Å².